The third-order valence-electron chi connectivity index (χ3n) is 5.58. The third kappa shape index (κ3) is 3.00. The van der Waals surface area contributed by atoms with Crippen molar-refractivity contribution in [2.24, 2.45) is 0 Å². The lowest BCUT2D eigenvalue weighted by molar-refractivity contribution is 0.355. The lowest BCUT2D eigenvalue weighted by Crippen LogP contribution is -2.33. The molecule has 30 heavy (non-hydrogen) atoms. The molecule has 9 heteroatoms. The monoisotopic (exact) mass is 426 g/mol. The summed E-state index contributed by atoms with van der Waals surface area (Å²) < 4.78 is 39.8. The van der Waals surface area contributed by atoms with Gasteiger partial charge in [0.05, 0.1) is 36.5 Å². The minimum atomic E-state index is -3.77. The van der Waals surface area contributed by atoms with Crippen LogP contribution in [0, 0.1) is 0 Å². The second kappa shape index (κ2) is 7.02. The molecule has 3 aromatic rings. The van der Waals surface area contributed by atoms with Crippen LogP contribution < -0.4 is 19.1 Å². The average molecular weight is 426 g/mol. The molecule has 1 aliphatic heterocycles. The van der Waals surface area contributed by atoms with Crippen molar-refractivity contribution in [2.75, 3.05) is 30.4 Å². The number of sulfonamides is 1. The zero-order chi connectivity index (χ0) is 20.9. The number of hydrogen-bond donors (Lipinski definition) is 1. The standard InChI is InChI=1S/C21H22N4O4S/c1-28-20-10-16-18(11-21(20)29-2)24-23-12-19(16)25(14-3-4-14)30(26,27)15-5-6-17-13(9-15)7-8-22-17/h5-6,9-12,14,22H,3-4,7-8H2,1-2H3. The molecule has 1 fully saturated rings. The maximum Gasteiger partial charge on any atom is 0.264 e. The van der Waals surface area contributed by atoms with E-state index in [9.17, 15) is 8.42 Å². The average Bonchev–Trinajstić information content (AvgIpc) is 3.47. The summed E-state index contributed by atoms with van der Waals surface area (Å²) in [5, 5.41) is 12.2. The largest absolute Gasteiger partial charge is 0.493 e. The highest BCUT2D eigenvalue weighted by atomic mass is 32.2. The van der Waals surface area contributed by atoms with Crippen LogP contribution in [0.2, 0.25) is 0 Å². The molecule has 2 aliphatic rings. The van der Waals surface area contributed by atoms with Crippen molar-refractivity contribution in [2.45, 2.75) is 30.2 Å². The Bertz CT molecular complexity index is 1240. The molecule has 1 aromatic heterocycles. The van der Waals surface area contributed by atoms with Gasteiger partial charge in [-0.25, -0.2) is 8.42 Å². The minimum absolute atomic E-state index is 0.0955. The number of nitrogens with zero attached hydrogens (tertiary/aromatic N) is 3. The molecule has 0 unspecified atom stereocenters. The predicted octanol–water partition coefficient (Wildman–Crippen LogP) is 2.97. The van der Waals surface area contributed by atoms with Crippen LogP contribution in [0.4, 0.5) is 11.4 Å². The van der Waals surface area contributed by atoms with Crippen LogP contribution in [0.5, 0.6) is 11.5 Å². The predicted molar refractivity (Wildman–Crippen MR) is 114 cm³/mol. The van der Waals surface area contributed by atoms with E-state index in [0.717, 1.165) is 37.1 Å². The molecule has 1 aliphatic carbocycles. The number of ether oxygens (including phenoxy) is 2. The zero-order valence-electron chi connectivity index (χ0n) is 16.8. The van der Waals surface area contributed by atoms with Crippen molar-refractivity contribution in [1.82, 2.24) is 10.2 Å². The van der Waals surface area contributed by atoms with E-state index in [2.05, 4.69) is 15.5 Å². The Labute approximate surface area is 174 Å². The summed E-state index contributed by atoms with van der Waals surface area (Å²) in [4.78, 5) is 0.294. The molecule has 0 amide bonds. The van der Waals surface area contributed by atoms with Crippen LogP contribution in [-0.4, -0.2) is 45.4 Å². The van der Waals surface area contributed by atoms with Crippen LogP contribution in [0.25, 0.3) is 10.9 Å². The highest BCUT2D eigenvalue weighted by molar-refractivity contribution is 7.93. The molecule has 0 atom stereocenters. The molecule has 0 bridgehead atoms. The first kappa shape index (κ1) is 18.9. The Morgan fingerprint density at radius 3 is 2.60 bits per heavy atom. The third-order valence-corrected chi connectivity index (χ3v) is 7.44. The van der Waals surface area contributed by atoms with E-state index in [0.29, 0.717) is 33.0 Å². The second-order valence-electron chi connectivity index (χ2n) is 7.48. The van der Waals surface area contributed by atoms with E-state index in [4.69, 9.17) is 9.47 Å². The topological polar surface area (TPSA) is 93.7 Å². The van der Waals surface area contributed by atoms with Gasteiger partial charge in [-0.15, -0.1) is 0 Å². The summed E-state index contributed by atoms with van der Waals surface area (Å²) in [6.45, 7) is 0.825. The molecular weight excluding hydrogens is 404 g/mol. The van der Waals surface area contributed by atoms with Crippen LogP contribution >= 0.6 is 0 Å². The molecule has 5 rings (SSSR count). The summed E-state index contributed by atoms with van der Waals surface area (Å²) in [6, 6.07) is 8.67. The van der Waals surface area contributed by atoms with E-state index in [1.54, 1.807) is 38.5 Å². The molecule has 1 saturated carbocycles. The number of aromatic nitrogens is 2. The van der Waals surface area contributed by atoms with E-state index < -0.39 is 10.0 Å². The number of nitrogens with one attached hydrogen (secondary N) is 1. The lowest BCUT2D eigenvalue weighted by atomic mass is 10.2. The Morgan fingerprint density at radius 1 is 1.10 bits per heavy atom. The maximum atomic E-state index is 13.7. The number of fused-ring (bicyclic) bond motifs is 2. The van der Waals surface area contributed by atoms with Gasteiger partial charge in [0.25, 0.3) is 10.0 Å². The molecule has 8 nitrogen and oxygen atoms in total. The Morgan fingerprint density at radius 2 is 1.87 bits per heavy atom. The van der Waals surface area contributed by atoms with E-state index >= 15 is 0 Å². The second-order valence-corrected chi connectivity index (χ2v) is 9.30. The molecule has 0 spiro atoms. The van der Waals surface area contributed by atoms with Gasteiger partial charge in [0.15, 0.2) is 11.5 Å². The number of methoxy groups -OCH3 is 2. The first-order chi connectivity index (χ1) is 14.5. The summed E-state index contributed by atoms with van der Waals surface area (Å²) in [5.74, 6) is 1.03. The molecule has 2 aromatic carbocycles. The first-order valence-corrected chi connectivity index (χ1v) is 11.3. The Balaban J connectivity index is 1.67. The normalized spacial score (nSPS) is 15.5. The summed E-state index contributed by atoms with van der Waals surface area (Å²) in [5.41, 5.74) is 3.07. The lowest BCUT2D eigenvalue weighted by Gasteiger charge is -2.25. The molecule has 1 N–H and O–H groups in total. The van der Waals surface area contributed by atoms with E-state index in [1.165, 1.54) is 10.5 Å². The fourth-order valence-corrected chi connectivity index (χ4v) is 5.70. The number of rotatable bonds is 6. The summed E-state index contributed by atoms with van der Waals surface area (Å²) in [6.07, 6.45) is 3.95. The highest BCUT2D eigenvalue weighted by Crippen LogP contribution is 2.42. The molecule has 0 radical (unpaired) electrons. The molecular formula is C21H22N4O4S. The van der Waals surface area contributed by atoms with Gasteiger partial charge in [0.1, 0.15) is 0 Å². The number of benzene rings is 2. The molecule has 156 valence electrons. The number of anilines is 2. The van der Waals surface area contributed by atoms with Crippen molar-refractivity contribution in [3.05, 3.63) is 42.1 Å². The highest BCUT2D eigenvalue weighted by Gasteiger charge is 2.40. The van der Waals surface area contributed by atoms with Crippen LogP contribution in [0.3, 0.4) is 0 Å². The van der Waals surface area contributed by atoms with Gasteiger partial charge < -0.3 is 14.8 Å². The summed E-state index contributed by atoms with van der Waals surface area (Å²) >= 11 is 0. The minimum Gasteiger partial charge on any atom is -0.493 e. The Hall–Kier alpha value is -3.07. The SMILES string of the molecule is COc1cc2nncc(N(C3CC3)S(=O)(=O)c3ccc4c(c3)CCN4)c2cc1OC. The van der Waals surface area contributed by atoms with Gasteiger partial charge in [-0.05, 0) is 49.1 Å². The van der Waals surface area contributed by atoms with Gasteiger partial charge in [0, 0.05) is 29.7 Å². The van der Waals surface area contributed by atoms with Crippen molar-refractivity contribution in [3.8, 4) is 11.5 Å². The van der Waals surface area contributed by atoms with Gasteiger partial charge in [0.2, 0.25) is 0 Å². The van der Waals surface area contributed by atoms with E-state index in [1.807, 2.05) is 6.07 Å². The van der Waals surface area contributed by atoms with Gasteiger partial charge in [-0.1, -0.05) is 0 Å². The van der Waals surface area contributed by atoms with Crippen molar-refractivity contribution < 1.29 is 17.9 Å². The van der Waals surface area contributed by atoms with Gasteiger partial charge in [-0.2, -0.15) is 10.2 Å². The maximum absolute atomic E-state index is 13.7. The van der Waals surface area contributed by atoms with Crippen molar-refractivity contribution >= 4 is 32.3 Å². The Kier molecular flexibility index (Phi) is 4.43. The van der Waals surface area contributed by atoms with Gasteiger partial charge >= 0.3 is 0 Å². The molecule has 0 saturated heterocycles. The zero-order valence-corrected chi connectivity index (χ0v) is 17.6. The van der Waals surface area contributed by atoms with Crippen molar-refractivity contribution in [1.29, 1.82) is 0 Å². The fourth-order valence-electron chi connectivity index (χ4n) is 3.93. The molecule has 2 heterocycles. The van der Waals surface area contributed by atoms with Gasteiger partial charge in [-0.3, -0.25) is 4.31 Å². The van der Waals surface area contributed by atoms with Crippen molar-refractivity contribution in [3.63, 3.8) is 0 Å². The number of hydrogen-bond acceptors (Lipinski definition) is 7. The van der Waals surface area contributed by atoms with E-state index in [-0.39, 0.29) is 6.04 Å². The summed E-state index contributed by atoms with van der Waals surface area (Å²) in [7, 11) is -0.680. The van der Waals surface area contributed by atoms with Crippen LogP contribution in [0.1, 0.15) is 18.4 Å². The van der Waals surface area contributed by atoms with Crippen LogP contribution in [-0.2, 0) is 16.4 Å². The first-order valence-electron chi connectivity index (χ1n) is 9.81. The smallest absolute Gasteiger partial charge is 0.264 e. The quantitative estimate of drug-likeness (QED) is 0.648. The van der Waals surface area contributed by atoms with Crippen LogP contribution in [0.15, 0.2) is 41.4 Å². The fraction of sp³-hybridized carbons (Fsp3) is 0.333.